The van der Waals surface area contributed by atoms with Gasteiger partial charge in [0.25, 0.3) is 0 Å². The van der Waals surface area contributed by atoms with Crippen LogP contribution < -0.4 is 5.32 Å². The van der Waals surface area contributed by atoms with Crippen LogP contribution in [0, 0.1) is 5.92 Å². The number of hydrogen-bond acceptors (Lipinski definition) is 2. The molecule has 3 nitrogen and oxygen atoms in total. The molecule has 3 heteroatoms. The SMILES string of the molecule is CCn1c(CC(C)CC(C)NC)nc2ccccc21. The Kier molecular flexibility index (Phi) is 4.59. The normalized spacial score (nSPS) is 14.7. The summed E-state index contributed by atoms with van der Waals surface area (Å²) in [6.07, 6.45) is 2.23. The topological polar surface area (TPSA) is 29.9 Å². The van der Waals surface area contributed by atoms with E-state index in [0.29, 0.717) is 12.0 Å². The first-order chi connectivity index (χ1) is 9.15. The molecule has 2 unspecified atom stereocenters. The highest BCUT2D eigenvalue weighted by Gasteiger charge is 2.14. The number of benzene rings is 1. The van der Waals surface area contributed by atoms with Crippen LogP contribution >= 0.6 is 0 Å². The van der Waals surface area contributed by atoms with Gasteiger partial charge in [-0.3, -0.25) is 0 Å². The molecule has 1 heterocycles. The molecule has 0 bridgehead atoms. The van der Waals surface area contributed by atoms with E-state index in [-0.39, 0.29) is 0 Å². The number of imidazole rings is 1. The van der Waals surface area contributed by atoms with Crippen molar-refractivity contribution in [1.82, 2.24) is 14.9 Å². The number of para-hydroxylation sites is 2. The second-order valence-electron chi connectivity index (χ2n) is 5.50. The van der Waals surface area contributed by atoms with Gasteiger partial charge in [0.05, 0.1) is 11.0 Å². The largest absolute Gasteiger partial charge is 0.328 e. The number of fused-ring (bicyclic) bond motifs is 1. The summed E-state index contributed by atoms with van der Waals surface area (Å²) in [4.78, 5) is 4.80. The average molecular weight is 259 g/mol. The van der Waals surface area contributed by atoms with Gasteiger partial charge >= 0.3 is 0 Å². The van der Waals surface area contributed by atoms with Crippen molar-refractivity contribution in [1.29, 1.82) is 0 Å². The van der Waals surface area contributed by atoms with E-state index in [9.17, 15) is 0 Å². The van der Waals surface area contributed by atoms with Crippen molar-refractivity contribution in [2.45, 2.75) is 46.2 Å². The maximum Gasteiger partial charge on any atom is 0.110 e. The number of hydrogen-bond donors (Lipinski definition) is 1. The highest BCUT2D eigenvalue weighted by Crippen LogP contribution is 2.20. The lowest BCUT2D eigenvalue weighted by Gasteiger charge is -2.16. The van der Waals surface area contributed by atoms with Crippen LogP contribution in [0.5, 0.6) is 0 Å². The standard InChI is InChI=1S/C16H25N3/c1-5-19-15-9-7-6-8-14(15)18-16(19)11-12(2)10-13(3)17-4/h6-9,12-13,17H,5,10-11H2,1-4H3. The van der Waals surface area contributed by atoms with Crippen molar-refractivity contribution < 1.29 is 0 Å². The van der Waals surface area contributed by atoms with Crippen LogP contribution in [0.3, 0.4) is 0 Å². The highest BCUT2D eigenvalue weighted by atomic mass is 15.1. The van der Waals surface area contributed by atoms with E-state index in [1.165, 1.54) is 17.8 Å². The maximum atomic E-state index is 4.80. The zero-order valence-corrected chi connectivity index (χ0v) is 12.5. The molecule has 0 aliphatic carbocycles. The van der Waals surface area contributed by atoms with Crippen molar-refractivity contribution >= 4 is 11.0 Å². The third kappa shape index (κ3) is 3.16. The van der Waals surface area contributed by atoms with Gasteiger partial charge in [-0.1, -0.05) is 19.1 Å². The van der Waals surface area contributed by atoms with E-state index in [0.717, 1.165) is 18.5 Å². The molecular formula is C16H25N3. The lowest BCUT2D eigenvalue weighted by atomic mass is 9.99. The van der Waals surface area contributed by atoms with Crippen molar-refractivity contribution in [3.63, 3.8) is 0 Å². The van der Waals surface area contributed by atoms with Crippen LogP contribution in [-0.2, 0) is 13.0 Å². The van der Waals surface area contributed by atoms with Crippen molar-refractivity contribution in [2.24, 2.45) is 5.92 Å². The molecule has 1 aromatic heterocycles. The summed E-state index contributed by atoms with van der Waals surface area (Å²) in [5.41, 5.74) is 2.38. The average Bonchev–Trinajstić information content (AvgIpc) is 2.75. The quantitative estimate of drug-likeness (QED) is 0.863. The van der Waals surface area contributed by atoms with Crippen LogP contribution in [-0.4, -0.2) is 22.6 Å². The fraction of sp³-hybridized carbons (Fsp3) is 0.562. The smallest absolute Gasteiger partial charge is 0.110 e. The third-order valence-corrected chi connectivity index (χ3v) is 3.83. The van der Waals surface area contributed by atoms with Crippen LogP contribution in [0.4, 0.5) is 0 Å². The Morgan fingerprint density at radius 3 is 2.68 bits per heavy atom. The molecule has 0 fully saturated rings. The van der Waals surface area contributed by atoms with Gasteiger partial charge in [0.2, 0.25) is 0 Å². The molecule has 0 spiro atoms. The number of nitrogens with zero attached hydrogens (tertiary/aromatic N) is 2. The van der Waals surface area contributed by atoms with Crippen molar-refractivity contribution in [3.05, 3.63) is 30.1 Å². The fourth-order valence-electron chi connectivity index (χ4n) is 2.75. The zero-order valence-electron chi connectivity index (χ0n) is 12.5. The zero-order chi connectivity index (χ0) is 13.8. The van der Waals surface area contributed by atoms with Gasteiger partial charge in [-0.2, -0.15) is 0 Å². The molecule has 104 valence electrons. The Morgan fingerprint density at radius 2 is 2.00 bits per heavy atom. The first-order valence-electron chi connectivity index (χ1n) is 7.27. The molecule has 1 aromatic carbocycles. The summed E-state index contributed by atoms with van der Waals surface area (Å²) < 4.78 is 2.34. The monoisotopic (exact) mass is 259 g/mol. The lowest BCUT2D eigenvalue weighted by Crippen LogP contribution is -2.24. The fourth-order valence-corrected chi connectivity index (χ4v) is 2.75. The molecule has 2 atom stereocenters. The van der Waals surface area contributed by atoms with Gasteiger partial charge in [-0.05, 0) is 45.4 Å². The summed E-state index contributed by atoms with van der Waals surface area (Å²) in [5.74, 6) is 1.86. The van der Waals surface area contributed by atoms with E-state index < -0.39 is 0 Å². The predicted molar refractivity (Wildman–Crippen MR) is 81.4 cm³/mol. The summed E-state index contributed by atoms with van der Waals surface area (Å²) in [7, 11) is 2.03. The van der Waals surface area contributed by atoms with E-state index in [2.05, 4.69) is 54.9 Å². The van der Waals surface area contributed by atoms with Crippen LogP contribution in [0.2, 0.25) is 0 Å². The molecule has 1 N–H and O–H groups in total. The molecular weight excluding hydrogens is 234 g/mol. The third-order valence-electron chi connectivity index (χ3n) is 3.83. The van der Waals surface area contributed by atoms with E-state index in [4.69, 9.17) is 4.98 Å². The molecule has 0 saturated heterocycles. The highest BCUT2D eigenvalue weighted by molar-refractivity contribution is 5.75. The maximum absolute atomic E-state index is 4.80. The minimum absolute atomic E-state index is 0.564. The number of aromatic nitrogens is 2. The van der Waals surface area contributed by atoms with E-state index in [1.54, 1.807) is 0 Å². The minimum atomic E-state index is 0.564. The van der Waals surface area contributed by atoms with Gasteiger partial charge < -0.3 is 9.88 Å². The first kappa shape index (κ1) is 14.1. The lowest BCUT2D eigenvalue weighted by molar-refractivity contribution is 0.429. The number of nitrogens with one attached hydrogen (secondary N) is 1. The Hall–Kier alpha value is -1.35. The van der Waals surface area contributed by atoms with Gasteiger partial charge in [0.1, 0.15) is 5.82 Å². The molecule has 2 rings (SSSR count). The molecule has 0 saturated carbocycles. The van der Waals surface area contributed by atoms with E-state index in [1.807, 2.05) is 7.05 Å². The van der Waals surface area contributed by atoms with Gasteiger partial charge in [-0.15, -0.1) is 0 Å². The molecule has 2 aromatic rings. The molecule has 0 radical (unpaired) electrons. The molecule has 0 aliphatic heterocycles. The van der Waals surface area contributed by atoms with E-state index >= 15 is 0 Å². The second-order valence-corrected chi connectivity index (χ2v) is 5.50. The van der Waals surface area contributed by atoms with Crippen LogP contribution in [0.15, 0.2) is 24.3 Å². The summed E-state index contributed by atoms with van der Waals surface area (Å²) in [6, 6.07) is 8.98. The second kappa shape index (κ2) is 6.20. The van der Waals surface area contributed by atoms with Gasteiger partial charge in [0.15, 0.2) is 0 Å². The minimum Gasteiger partial charge on any atom is -0.328 e. The Bertz CT molecular complexity index is 530. The predicted octanol–water partition coefficient (Wildman–Crippen LogP) is 3.23. The molecule has 0 amide bonds. The molecule has 0 aliphatic rings. The van der Waals surface area contributed by atoms with Gasteiger partial charge in [0, 0.05) is 19.0 Å². The first-order valence-corrected chi connectivity index (χ1v) is 7.27. The Labute approximate surface area is 116 Å². The number of aryl methyl sites for hydroxylation is 1. The van der Waals surface area contributed by atoms with Crippen LogP contribution in [0.1, 0.15) is 33.0 Å². The summed E-state index contributed by atoms with van der Waals surface area (Å²) >= 11 is 0. The summed E-state index contributed by atoms with van der Waals surface area (Å²) in [5, 5.41) is 3.31. The number of rotatable bonds is 6. The van der Waals surface area contributed by atoms with Crippen LogP contribution in [0.25, 0.3) is 11.0 Å². The molecule has 19 heavy (non-hydrogen) atoms. The Morgan fingerprint density at radius 1 is 1.26 bits per heavy atom. The van der Waals surface area contributed by atoms with Gasteiger partial charge in [-0.25, -0.2) is 4.98 Å². The van der Waals surface area contributed by atoms with Crippen molar-refractivity contribution in [3.8, 4) is 0 Å². The summed E-state index contributed by atoms with van der Waals surface area (Å²) in [6.45, 7) is 7.73. The Balaban J connectivity index is 2.20. The van der Waals surface area contributed by atoms with Crippen molar-refractivity contribution in [2.75, 3.05) is 7.05 Å².